The number of nitrogens with zero attached hydrogens (tertiary/aromatic N) is 3. The van der Waals surface area contributed by atoms with E-state index in [0.717, 1.165) is 0 Å². The van der Waals surface area contributed by atoms with Crippen LogP contribution < -0.4 is 0 Å². The Labute approximate surface area is 95.9 Å². The van der Waals surface area contributed by atoms with Crippen LogP contribution in [0.2, 0.25) is 0 Å². The second-order valence-corrected chi connectivity index (χ2v) is 4.11. The van der Waals surface area contributed by atoms with Gasteiger partial charge in [-0.3, -0.25) is 4.79 Å². The lowest BCUT2D eigenvalue weighted by Crippen LogP contribution is -2.18. The third-order valence-electron chi connectivity index (χ3n) is 2.68. The van der Waals surface area contributed by atoms with Gasteiger partial charge < -0.3 is 4.57 Å². The van der Waals surface area contributed by atoms with Crippen molar-refractivity contribution in [1.82, 2.24) is 9.55 Å². The molecule has 0 amide bonds. The van der Waals surface area contributed by atoms with Crippen LogP contribution in [0.3, 0.4) is 0 Å². The minimum Gasteiger partial charge on any atom is -0.326 e. The smallest absolute Gasteiger partial charge is 0.184 e. The highest BCUT2D eigenvalue weighted by Crippen LogP contribution is 2.18. The Morgan fingerprint density at radius 3 is 2.81 bits per heavy atom. The second kappa shape index (κ2) is 5.45. The summed E-state index contributed by atoms with van der Waals surface area (Å²) in [6.07, 6.45) is 4.22. The summed E-state index contributed by atoms with van der Waals surface area (Å²) >= 11 is 0. The molecule has 0 saturated carbocycles. The number of hydrogen-bond acceptors (Lipinski definition) is 3. The minimum atomic E-state index is -0.209. The fourth-order valence-electron chi connectivity index (χ4n) is 1.65. The van der Waals surface area contributed by atoms with Gasteiger partial charge >= 0.3 is 0 Å². The number of Topliss-reactive ketones (excluding diaryl/α,β-unsaturated/α-hetero) is 1. The van der Waals surface area contributed by atoms with Crippen LogP contribution >= 0.6 is 0 Å². The van der Waals surface area contributed by atoms with Crippen LogP contribution in [0, 0.1) is 17.2 Å². The highest BCUT2D eigenvalue weighted by Gasteiger charge is 2.21. The molecule has 1 aromatic heterocycles. The van der Waals surface area contributed by atoms with Gasteiger partial charge in [0, 0.05) is 18.4 Å². The molecule has 0 aromatic carbocycles. The maximum Gasteiger partial charge on any atom is 0.184 e. The van der Waals surface area contributed by atoms with E-state index in [1.807, 2.05) is 25.3 Å². The van der Waals surface area contributed by atoms with E-state index in [4.69, 9.17) is 5.26 Å². The Kier molecular flexibility index (Phi) is 4.24. The highest BCUT2D eigenvalue weighted by molar-refractivity contribution is 5.96. The van der Waals surface area contributed by atoms with E-state index in [9.17, 15) is 4.79 Å². The Bertz CT molecular complexity index is 401. The SMILES string of the molecule is CCC(CC#N)C(=O)c1cncn1C(C)C. The van der Waals surface area contributed by atoms with Gasteiger partial charge in [-0.25, -0.2) is 4.98 Å². The number of rotatable bonds is 5. The summed E-state index contributed by atoms with van der Waals surface area (Å²) in [7, 11) is 0. The molecule has 0 radical (unpaired) electrons. The third-order valence-corrected chi connectivity index (χ3v) is 2.68. The zero-order chi connectivity index (χ0) is 12.1. The monoisotopic (exact) mass is 219 g/mol. The van der Waals surface area contributed by atoms with E-state index < -0.39 is 0 Å². The van der Waals surface area contributed by atoms with Crippen molar-refractivity contribution >= 4 is 5.78 Å². The third kappa shape index (κ3) is 2.48. The van der Waals surface area contributed by atoms with Crippen molar-refractivity contribution in [2.45, 2.75) is 39.7 Å². The molecule has 1 atom stereocenters. The van der Waals surface area contributed by atoms with Gasteiger partial charge in [-0.15, -0.1) is 0 Å². The number of imidazole rings is 1. The lowest BCUT2D eigenvalue weighted by molar-refractivity contribution is 0.0907. The first-order valence-corrected chi connectivity index (χ1v) is 5.54. The molecule has 0 saturated heterocycles. The van der Waals surface area contributed by atoms with Crippen molar-refractivity contribution in [3.05, 3.63) is 18.2 Å². The van der Waals surface area contributed by atoms with Crippen LogP contribution in [-0.4, -0.2) is 15.3 Å². The fourth-order valence-corrected chi connectivity index (χ4v) is 1.65. The van der Waals surface area contributed by atoms with E-state index in [0.29, 0.717) is 12.1 Å². The Morgan fingerprint density at radius 1 is 1.62 bits per heavy atom. The summed E-state index contributed by atoms with van der Waals surface area (Å²) < 4.78 is 1.85. The van der Waals surface area contributed by atoms with Crippen molar-refractivity contribution in [1.29, 1.82) is 5.26 Å². The largest absolute Gasteiger partial charge is 0.326 e. The lowest BCUT2D eigenvalue weighted by Gasteiger charge is -2.14. The van der Waals surface area contributed by atoms with Crippen molar-refractivity contribution in [2.75, 3.05) is 0 Å². The Balaban J connectivity index is 2.95. The normalized spacial score (nSPS) is 12.4. The van der Waals surface area contributed by atoms with Gasteiger partial charge in [-0.1, -0.05) is 6.92 Å². The molecule has 0 aliphatic heterocycles. The topological polar surface area (TPSA) is 58.7 Å². The lowest BCUT2D eigenvalue weighted by atomic mass is 9.96. The van der Waals surface area contributed by atoms with Gasteiger partial charge in [0.15, 0.2) is 5.78 Å². The van der Waals surface area contributed by atoms with E-state index in [1.54, 1.807) is 12.5 Å². The summed E-state index contributed by atoms with van der Waals surface area (Å²) in [5, 5.41) is 8.67. The zero-order valence-electron chi connectivity index (χ0n) is 9.97. The average Bonchev–Trinajstić information content (AvgIpc) is 2.73. The summed E-state index contributed by atoms with van der Waals surface area (Å²) in [6, 6.07) is 2.27. The molecule has 16 heavy (non-hydrogen) atoms. The molecule has 0 aliphatic rings. The molecule has 1 rings (SSSR count). The van der Waals surface area contributed by atoms with Crippen molar-refractivity contribution in [3.8, 4) is 6.07 Å². The molecular formula is C12H17N3O. The molecule has 0 bridgehead atoms. The second-order valence-electron chi connectivity index (χ2n) is 4.11. The fraction of sp³-hybridized carbons (Fsp3) is 0.583. The van der Waals surface area contributed by atoms with E-state index in [2.05, 4.69) is 11.1 Å². The maximum absolute atomic E-state index is 12.1. The number of ketones is 1. The van der Waals surface area contributed by atoms with Crippen LogP contribution in [0.1, 0.15) is 50.1 Å². The molecule has 4 heteroatoms. The zero-order valence-corrected chi connectivity index (χ0v) is 9.97. The first-order valence-electron chi connectivity index (χ1n) is 5.54. The molecule has 4 nitrogen and oxygen atoms in total. The molecule has 0 aliphatic carbocycles. The predicted molar refractivity (Wildman–Crippen MR) is 61.0 cm³/mol. The highest BCUT2D eigenvalue weighted by atomic mass is 16.1. The van der Waals surface area contributed by atoms with Crippen molar-refractivity contribution in [3.63, 3.8) is 0 Å². The van der Waals surface area contributed by atoms with Crippen molar-refractivity contribution < 1.29 is 4.79 Å². The molecule has 0 N–H and O–H groups in total. The van der Waals surface area contributed by atoms with E-state index in [1.165, 1.54) is 0 Å². The van der Waals surface area contributed by atoms with Crippen molar-refractivity contribution in [2.24, 2.45) is 5.92 Å². The van der Waals surface area contributed by atoms with Crippen LogP contribution in [0.15, 0.2) is 12.5 Å². The molecule has 0 fully saturated rings. The minimum absolute atomic E-state index is 0.0234. The number of carbonyl (C=O) groups excluding carboxylic acids is 1. The molecule has 1 aromatic rings. The first kappa shape index (κ1) is 12.4. The summed E-state index contributed by atoms with van der Waals surface area (Å²) in [5.41, 5.74) is 0.608. The predicted octanol–water partition coefficient (Wildman–Crippen LogP) is 2.59. The van der Waals surface area contributed by atoms with Gasteiger partial charge in [0.05, 0.1) is 18.6 Å². The summed E-state index contributed by atoms with van der Waals surface area (Å²) in [6.45, 7) is 5.93. The van der Waals surface area contributed by atoms with Crippen LogP contribution in [0.5, 0.6) is 0 Å². The van der Waals surface area contributed by atoms with Gasteiger partial charge in [0.2, 0.25) is 0 Å². The summed E-state index contributed by atoms with van der Waals surface area (Å²) in [5.74, 6) is -0.186. The van der Waals surface area contributed by atoms with Gasteiger partial charge in [-0.05, 0) is 20.3 Å². The standard InChI is InChI=1S/C12H17N3O/c1-4-10(5-6-13)12(16)11-7-14-8-15(11)9(2)3/h7-10H,4-5H2,1-3H3. The van der Waals surface area contributed by atoms with Crippen LogP contribution in [0.25, 0.3) is 0 Å². The van der Waals surface area contributed by atoms with Crippen LogP contribution in [0.4, 0.5) is 0 Å². The summed E-state index contributed by atoms with van der Waals surface area (Å²) in [4.78, 5) is 16.1. The number of nitriles is 1. The van der Waals surface area contributed by atoms with E-state index >= 15 is 0 Å². The van der Waals surface area contributed by atoms with Crippen LogP contribution in [-0.2, 0) is 0 Å². The molecule has 1 heterocycles. The Hall–Kier alpha value is -1.63. The van der Waals surface area contributed by atoms with Gasteiger partial charge in [-0.2, -0.15) is 5.26 Å². The molecule has 1 unspecified atom stereocenters. The molecular weight excluding hydrogens is 202 g/mol. The average molecular weight is 219 g/mol. The molecule has 0 spiro atoms. The quantitative estimate of drug-likeness (QED) is 0.715. The maximum atomic E-state index is 12.1. The first-order chi connectivity index (χ1) is 7.61. The van der Waals surface area contributed by atoms with Gasteiger partial charge in [0.25, 0.3) is 0 Å². The van der Waals surface area contributed by atoms with Gasteiger partial charge in [0.1, 0.15) is 5.69 Å². The number of carbonyl (C=O) groups is 1. The molecule has 86 valence electrons. The Morgan fingerprint density at radius 2 is 2.31 bits per heavy atom. The number of hydrogen-bond donors (Lipinski definition) is 0. The number of aromatic nitrogens is 2. The van der Waals surface area contributed by atoms with E-state index in [-0.39, 0.29) is 24.2 Å².